The van der Waals surface area contributed by atoms with Crippen LogP contribution in [0.3, 0.4) is 0 Å². The average Bonchev–Trinajstić information content (AvgIpc) is 1.83. The van der Waals surface area contributed by atoms with Crippen molar-refractivity contribution in [3.05, 3.63) is 0 Å². The molecule has 0 rings (SSSR count). The fraction of sp³-hybridized carbons (Fsp3) is 0.600. The minimum atomic E-state index is -1.16. The molecule has 0 spiro atoms. The van der Waals surface area contributed by atoms with E-state index >= 15 is 0 Å². The van der Waals surface area contributed by atoms with Gasteiger partial charge in [0.1, 0.15) is 0 Å². The number of rotatable bonds is 3. The van der Waals surface area contributed by atoms with Crippen LogP contribution in [0, 0.1) is 0 Å². The maximum atomic E-state index is 10.4. The van der Waals surface area contributed by atoms with Crippen molar-refractivity contribution in [2.24, 2.45) is 0 Å². The number of amides is 1. The second kappa shape index (κ2) is 3.88. The molecule has 0 saturated carbocycles. The van der Waals surface area contributed by atoms with Crippen LogP contribution in [0.25, 0.3) is 0 Å². The second-order valence-corrected chi connectivity index (χ2v) is 1.55. The molecule has 0 heterocycles. The summed E-state index contributed by atoms with van der Waals surface area (Å²) < 4.78 is 0. The lowest BCUT2D eigenvalue weighted by atomic mass is 10.3. The van der Waals surface area contributed by atoms with E-state index in [-0.39, 0.29) is 12.3 Å². The van der Waals surface area contributed by atoms with Gasteiger partial charge >= 0.3 is 6.09 Å². The summed E-state index contributed by atoms with van der Waals surface area (Å²) in [4.78, 5) is 20.1. The van der Waals surface area contributed by atoms with Gasteiger partial charge in [0, 0.05) is 6.42 Å². The number of hydrogen-bond donors (Lipinski definition) is 2. The van der Waals surface area contributed by atoms with Gasteiger partial charge in [-0.15, -0.1) is 0 Å². The molecule has 0 bridgehead atoms. The molecule has 0 fully saturated rings. The van der Waals surface area contributed by atoms with Crippen molar-refractivity contribution in [1.29, 1.82) is 0 Å². The molecule has 0 aliphatic rings. The fourth-order valence-corrected chi connectivity index (χ4v) is 0.299. The molecule has 0 unspecified atom stereocenters. The molecular formula is C5H9NO3. The number of carbonyl (C=O) groups is 2. The van der Waals surface area contributed by atoms with E-state index < -0.39 is 6.09 Å². The smallest absolute Gasteiger partial charge is 0.405 e. The number of carbonyl (C=O) groups excluding carboxylic acids is 1. The van der Waals surface area contributed by atoms with E-state index in [0.29, 0.717) is 6.42 Å². The molecular weight excluding hydrogens is 122 g/mol. The monoisotopic (exact) mass is 131 g/mol. The number of nitrogens with one attached hydrogen (secondary N) is 1. The number of carboxylic acid groups (broad SMARTS) is 1. The minimum Gasteiger partial charge on any atom is -0.465 e. The predicted molar refractivity (Wildman–Crippen MR) is 31.3 cm³/mol. The molecule has 1 amide bonds. The van der Waals surface area contributed by atoms with Crippen LogP contribution in [0.2, 0.25) is 0 Å². The van der Waals surface area contributed by atoms with E-state index in [2.05, 4.69) is 0 Å². The summed E-state index contributed by atoms with van der Waals surface area (Å²) in [5.41, 5.74) is 0. The Labute approximate surface area is 52.9 Å². The van der Waals surface area contributed by atoms with Gasteiger partial charge in [0.25, 0.3) is 0 Å². The minimum absolute atomic E-state index is 0.0775. The molecule has 0 aromatic heterocycles. The first kappa shape index (κ1) is 7.94. The largest absolute Gasteiger partial charge is 0.465 e. The fourth-order valence-electron chi connectivity index (χ4n) is 0.299. The quantitative estimate of drug-likeness (QED) is 0.576. The highest BCUT2D eigenvalue weighted by molar-refractivity contribution is 5.83. The Morgan fingerprint density at radius 1 is 1.56 bits per heavy atom. The van der Waals surface area contributed by atoms with Crippen LogP contribution in [-0.2, 0) is 4.79 Å². The molecule has 4 nitrogen and oxygen atoms in total. The Morgan fingerprint density at radius 2 is 2.11 bits per heavy atom. The second-order valence-electron chi connectivity index (χ2n) is 1.55. The van der Waals surface area contributed by atoms with Gasteiger partial charge in [-0.3, -0.25) is 4.79 Å². The zero-order valence-electron chi connectivity index (χ0n) is 5.18. The Morgan fingerprint density at radius 3 is 2.44 bits per heavy atom. The highest BCUT2D eigenvalue weighted by Crippen LogP contribution is 1.76. The first-order valence-electron chi connectivity index (χ1n) is 2.65. The van der Waals surface area contributed by atoms with E-state index in [1.165, 1.54) is 0 Å². The normalized spacial score (nSPS) is 8.56. The average molecular weight is 131 g/mol. The van der Waals surface area contributed by atoms with Crippen molar-refractivity contribution in [3.63, 3.8) is 0 Å². The molecule has 0 aliphatic carbocycles. The van der Waals surface area contributed by atoms with Gasteiger partial charge < -0.3 is 10.4 Å². The summed E-state index contributed by atoms with van der Waals surface area (Å²) in [6.45, 7) is 1.61. The van der Waals surface area contributed by atoms with E-state index in [9.17, 15) is 9.59 Å². The first-order chi connectivity index (χ1) is 4.16. The Kier molecular flexibility index (Phi) is 3.43. The van der Waals surface area contributed by atoms with Gasteiger partial charge in [-0.1, -0.05) is 6.92 Å². The van der Waals surface area contributed by atoms with Crippen LogP contribution in [0.1, 0.15) is 13.3 Å². The maximum Gasteiger partial charge on any atom is 0.405 e. The SMILES string of the molecule is CCC(=O)CNC(=O)O. The summed E-state index contributed by atoms with van der Waals surface area (Å²) in [6.07, 6.45) is -0.780. The van der Waals surface area contributed by atoms with E-state index in [1.807, 2.05) is 5.32 Å². The summed E-state index contributed by atoms with van der Waals surface area (Å²) in [5.74, 6) is -0.0996. The van der Waals surface area contributed by atoms with Crippen molar-refractivity contribution in [2.45, 2.75) is 13.3 Å². The van der Waals surface area contributed by atoms with Crippen LogP contribution in [0.4, 0.5) is 4.79 Å². The molecule has 52 valence electrons. The topological polar surface area (TPSA) is 66.4 Å². The lowest BCUT2D eigenvalue weighted by molar-refractivity contribution is -0.117. The Hall–Kier alpha value is -1.06. The van der Waals surface area contributed by atoms with Crippen molar-refractivity contribution < 1.29 is 14.7 Å². The highest BCUT2D eigenvalue weighted by Gasteiger charge is 1.98. The van der Waals surface area contributed by atoms with Gasteiger partial charge in [-0.2, -0.15) is 0 Å². The standard InChI is InChI=1S/C5H9NO3/c1-2-4(7)3-6-5(8)9/h6H,2-3H2,1H3,(H,8,9). The Balaban J connectivity index is 3.28. The molecule has 0 aliphatic heterocycles. The zero-order chi connectivity index (χ0) is 7.28. The molecule has 0 radical (unpaired) electrons. The van der Waals surface area contributed by atoms with Crippen molar-refractivity contribution in [2.75, 3.05) is 6.54 Å². The van der Waals surface area contributed by atoms with Crippen molar-refractivity contribution in [1.82, 2.24) is 5.32 Å². The first-order valence-corrected chi connectivity index (χ1v) is 2.65. The van der Waals surface area contributed by atoms with Crippen LogP contribution in [-0.4, -0.2) is 23.5 Å². The van der Waals surface area contributed by atoms with Crippen molar-refractivity contribution in [3.8, 4) is 0 Å². The molecule has 2 N–H and O–H groups in total. The lowest BCUT2D eigenvalue weighted by Gasteiger charge is -1.94. The summed E-state index contributed by atoms with van der Waals surface area (Å²) in [7, 11) is 0. The maximum absolute atomic E-state index is 10.4. The number of ketones is 1. The molecule has 9 heavy (non-hydrogen) atoms. The number of hydrogen-bond acceptors (Lipinski definition) is 2. The van der Waals surface area contributed by atoms with Gasteiger partial charge in [-0.25, -0.2) is 4.79 Å². The summed E-state index contributed by atoms with van der Waals surface area (Å²) >= 11 is 0. The van der Waals surface area contributed by atoms with Crippen LogP contribution in [0.5, 0.6) is 0 Å². The molecule has 0 saturated heterocycles. The molecule has 4 heteroatoms. The van der Waals surface area contributed by atoms with E-state index in [1.54, 1.807) is 6.92 Å². The summed E-state index contributed by atoms with van der Waals surface area (Å²) in [5, 5.41) is 9.96. The highest BCUT2D eigenvalue weighted by atomic mass is 16.4. The third-order valence-electron chi connectivity index (χ3n) is 0.831. The molecule has 0 aromatic carbocycles. The van der Waals surface area contributed by atoms with Crippen LogP contribution >= 0.6 is 0 Å². The predicted octanol–water partition coefficient (Wildman–Crippen LogP) is 0.233. The van der Waals surface area contributed by atoms with E-state index in [4.69, 9.17) is 5.11 Å². The van der Waals surface area contributed by atoms with Gasteiger partial charge in [0.05, 0.1) is 6.54 Å². The lowest BCUT2D eigenvalue weighted by Crippen LogP contribution is -2.27. The van der Waals surface area contributed by atoms with Crippen LogP contribution < -0.4 is 5.32 Å². The van der Waals surface area contributed by atoms with Crippen LogP contribution in [0.15, 0.2) is 0 Å². The third-order valence-corrected chi connectivity index (χ3v) is 0.831. The summed E-state index contributed by atoms with van der Waals surface area (Å²) in [6, 6.07) is 0. The zero-order valence-corrected chi connectivity index (χ0v) is 5.18. The molecule has 0 aromatic rings. The van der Waals surface area contributed by atoms with E-state index in [0.717, 1.165) is 0 Å². The van der Waals surface area contributed by atoms with Gasteiger partial charge in [0.2, 0.25) is 0 Å². The molecule has 0 atom stereocenters. The van der Waals surface area contributed by atoms with Crippen molar-refractivity contribution >= 4 is 11.9 Å². The van der Waals surface area contributed by atoms with Gasteiger partial charge in [0.15, 0.2) is 5.78 Å². The Bertz CT molecular complexity index is 121. The third kappa shape index (κ3) is 4.80. The number of Topliss-reactive ketones (excluding diaryl/α,β-unsaturated/α-hetero) is 1. The van der Waals surface area contributed by atoms with Gasteiger partial charge in [-0.05, 0) is 0 Å².